The molecule has 0 saturated carbocycles. The molecule has 0 spiro atoms. The largest absolute Gasteiger partial charge is 0.465 e. The molecule has 22 heavy (non-hydrogen) atoms. The Kier molecular flexibility index (Phi) is 5.58. The molecule has 0 bridgehead atoms. The van der Waals surface area contributed by atoms with Crippen LogP contribution in [0.4, 0.5) is 5.69 Å². The number of nitrogens with one attached hydrogen (secondary N) is 2. The highest BCUT2D eigenvalue weighted by Crippen LogP contribution is 2.18. The van der Waals surface area contributed by atoms with Crippen molar-refractivity contribution < 1.29 is 9.53 Å². The Bertz CT molecular complexity index is 581. The number of ether oxygens (including phenoxy) is 1. The molecule has 1 aromatic rings. The van der Waals surface area contributed by atoms with Crippen LogP contribution in [0.5, 0.6) is 0 Å². The lowest BCUT2D eigenvalue weighted by Gasteiger charge is -2.14. The summed E-state index contributed by atoms with van der Waals surface area (Å²) in [6.07, 6.45) is 8.91. The highest BCUT2D eigenvalue weighted by molar-refractivity contribution is 5.94. The van der Waals surface area contributed by atoms with Gasteiger partial charge in [0.1, 0.15) is 0 Å². The van der Waals surface area contributed by atoms with Gasteiger partial charge in [0.15, 0.2) is 0 Å². The molecule has 118 valence electrons. The molecule has 0 aliphatic carbocycles. The second-order valence-electron chi connectivity index (χ2n) is 5.54. The lowest BCUT2D eigenvalue weighted by atomic mass is 10.0. The average Bonchev–Trinajstić information content (AvgIpc) is 2.72. The van der Waals surface area contributed by atoms with Crippen molar-refractivity contribution in [3.8, 4) is 0 Å². The number of carbonyl (C=O) groups is 1. The zero-order valence-electron chi connectivity index (χ0n) is 12.9. The van der Waals surface area contributed by atoms with E-state index >= 15 is 0 Å². The SMILES string of the molecule is COC(=O)c1cc(N)ccc1C=CCC1CCCCC(=N)N1. The van der Waals surface area contributed by atoms with E-state index in [0.29, 0.717) is 23.1 Å². The third kappa shape index (κ3) is 4.35. The van der Waals surface area contributed by atoms with Crippen molar-refractivity contribution in [2.24, 2.45) is 0 Å². The molecule has 0 aromatic heterocycles. The number of hydrogen-bond acceptors (Lipinski definition) is 4. The molecule has 1 aliphatic heterocycles. The van der Waals surface area contributed by atoms with E-state index in [1.165, 1.54) is 7.11 Å². The van der Waals surface area contributed by atoms with Crippen molar-refractivity contribution in [3.63, 3.8) is 0 Å². The van der Waals surface area contributed by atoms with Gasteiger partial charge < -0.3 is 15.8 Å². The van der Waals surface area contributed by atoms with Crippen LogP contribution in [0.15, 0.2) is 24.3 Å². The number of esters is 1. The fourth-order valence-electron chi connectivity index (χ4n) is 2.63. The lowest BCUT2D eigenvalue weighted by Crippen LogP contribution is -2.31. The fourth-order valence-corrected chi connectivity index (χ4v) is 2.63. The molecule has 0 amide bonds. The van der Waals surface area contributed by atoms with Gasteiger partial charge in [-0.05, 0) is 37.0 Å². The van der Waals surface area contributed by atoms with E-state index in [1.54, 1.807) is 12.1 Å². The maximum absolute atomic E-state index is 11.8. The second-order valence-corrected chi connectivity index (χ2v) is 5.54. The summed E-state index contributed by atoms with van der Waals surface area (Å²) < 4.78 is 4.79. The molecule has 2 rings (SSSR count). The summed E-state index contributed by atoms with van der Waals surface area (Å²) in [5.41, 5.74) is 7.54. The molecule has 0 radical (unpaired) electrons. The minimum absolute atomic E-state index is 0.293. The Hall–Kier alpha value is -2.30. The lowest BCUT2D eigenvalue weighted by molar-refractivity contribution is 0.0600. The molecule has 5 nitrogen and oxygen atoms in total. The van der Waals surface area contributed by atoms with Gasteiger partial charge >= 0.3 is 5.97 Å². The van der Waals surface area contributed by atoms with Gasteiger partial charge in [-0.2, -0.15) is 0 Å². The number of amidine groups is 1. The predicted octanol–water partition coefficient (Wildman–Crippen LogP) is 2.97. The van der Waals surface area contributed by atoms with Gasteiger partial charge in [0.2, 0.25) is 0 Å². The number of methoxy groups -OCH3 is 1. The van der Waals surface area contributed by atoms with Crippen LogP contribution in [0.1, 0.15) is 48.0 Å². The maximum Gasteiger partial charge on any atom is 0.338 e. The van der Waals surface area contributed by atoms with Gasteiger partial charge in [-0.1, -0.05) is 24.6 Å². The van der Waals surface area contributed by atoms with E-state index in [1.807, 2.05) is 18.2 Å². The molecule has 4 N–H and O–H groups in total. The number of carbonyl (C=O) groups excluding carboxylic acids is 1. The van der Waals surface area contributed by atoms with Crippen molar-refractivity contribution in [1.29, 1.82) is 5.41 Å². The molecule has 1 unspecified atom stereocenters. The smallest absolute Gasteiger partial charge is 0.338 e. The number of anilines is 1. The third-order valence-electron chi connectivity index (χ3n) is 3.81. The number of nitrogen functional groups attached to an aromatic ring is 1. The molecule has 1 aliphatic rings. The number of benzene rings is 1. The van der Waals surface area contributed by atoms with Crippen LogP contribution >= 0.6 is 0 Å². The molecular weight excluding hydrogens is 278 g/mol. The van der Waals surface area contributed by atoms with Crippen LogP contribution in [-0.4, -0.2) is 25.0 Å². The monoisotopic (exact) mass is 301 g/mol. The first kappa shape index (κ1) is 16.1. The Balaban J connectivity index is 2.06. The highest BCUT2D eigenvalue weighted by atomic mass is 16.5. The Labute approximate surface area is 131 Å². The molecule has 1 heterocycles. The van der Waals surface area contributed by atoms with E-state index in [0.717, 1.165) is 37.7 Å². The first-order valence-electron chi connectivity index (χ1n) is 7.58. The summed E-state index contributed by atoms with van der Waals surface area (Å²) in [5, 5.41) is 11.0. The van der Waals surface area contributed by atoms with Crippen molar-refractivity contribution in [3.05, 3.63) is 35.4 Å². The maximum atomic E-state index is 11.8. The number of nitrogens with two attached hydrogens (primary N) is 1. The van der Waals surface area contributed by atoms with Crippen LogP contribution in [0, 0.1) is 5.41 Å². The van der Waals surface area contributed by atoms with Crippen molar-refractivity contribution >= 4 is 23.6 Å². The van der Waals surface area contributed by atoms with Crippen LogP contribution < -0.4 is 11.1 Å². The van der Waals surface area contributed by atoms with Gasteiger partial charge in [0.05, 0.1) is 18.5 Å². The quantitative estimate of drug-likeness (QED) is 0.589. The molecule has 5 heteroatoms. The summed E-state index contributed by atoms with van der Waals surface area (Å²) in [6, 6.07) is 5.51. The van der Waals surface area contributed by atoms with Crippen LogP contribution in [0.2, 0.25) is 0 Å². The molecule has 1 saturated heterocycles. The summed E-state index contributed by atoms with van der Waals surface area (Å²) in [4.78, 5) is 11.8. The number of hydrogen-bond donors (Lipinski definition) is 3. The third-order valence-corrected chi connectivity index (χ3v) is 3.81. The summed E-state index contributed by atoms with van der Waals surface area (Å²) >= 11 is 0. The average molecular weight is 301 g/mol. The molecular formula is C17H23N3O2. The van der Waals surface area contributed by atoms with E-state index in [-0.39, 0.29) is 5.97 Å². The van der Waals surface area contributed by atoms with Gasteiger partial charge in [0.25, 0.3) is 0 Å². The number of rotatable bonds is 4. The summed E-state index contributed by atoms with van der Waals surface area (Å²) in [5.74, 6) is 0.236. The van der Waals surface area contributed by atoms with Gasteiger partial charge in [0, 0.05) is 18.2 Å². The van der Waals surface area contributed by atoms with Gasteiger partial charge in [-0.3, -0.25) is 5.41 Å². The summed E-state index contributed by atoms with van der Waals surface area (Å²) in [6.45, 7) is 0. The van der Waals surface area contributed by atoms with Gasteiger partial charge in [-0.25, -0.2) is 4.79 Å². The van der Waals surface area contributed by atoms with Crippen molar-refractivity contribution in [1.82, 2.24) is 5.32 Å². The highest BCUT2D eigenvalue weighted by Gasteiger charge is 2.13. The zero-order valence-corrected chi connectivity index (χ0v) is 12.9. The minimum Gasteiger partial charge on any atom is -0.465 e. The zero-order chi connectivity index (χ0) is 15.9. The van der Waals surface area contributed by atoms with Crippen molar-refractivity contribution in [2.75, 3.05) is 12.8 Å². The Morgan fingerprint density at radius 1 is 1.50 bits per heavy atom. The molecule has 1 atom stereocenters. The van der Waals surface area contributed by atoms with Crippen LogP contribution in [0.3, 0.4) is 0 Å². The minimum atomic E-state index is -0.388. The first-order valence-corrected chi connectivity index (χ1v) is 7.58. The van der Waals surface area contributed by atoms with Gasteiger partial charge in [-0.15, -0.1) is 0 Å². The predicted molar refractivity (Wildman–Crippen MR) is 89.0 cm³/mol. The normalized spacial score (nSPS) is 18.8. The summed E-state index contributed by atoms with van der Waals surface area (Å²) in [7, 11) is 1.36. The fraction of sp³-hybridized carbons (Fsp3) is 0.412. The topological polar surface area (TPSA) is 88.2 Å². The van der Waals surface area contributed by atoms with Crippen LogP contribution in [-0.2, 0) is 4.74 Å². The Morgan fingerprint density at radius 2 is 2.32 bits per heavy atom. The van der Waals surface area contributed by atoms with E-state index in [9.17, 15) is 4.79 Å². The van der Waals surface area contributed by atoms with E-state index < -0.39 is 0 Å². The molecule has 1 fully saturated rings. The van der Waals surface area contributed by atoms with E-state index in [4.69, 9.17) is 15.9 Å². The van der Waals surface area contributed by atoms with Crippen molar-refractivity contribution in [2.45, 2.75) is 38.1 Å². The first-order chi connectivity index (χ1) is 10.6. The van der Waals surface area contributed by atoms with Crippen LogP contribution in [0.25, 0.3) is 6.08 Å². The molecule has 1 aromatic carbocycles. The second kappa shape index (κ2) is 7.64. The standard InChI is InChI=1S/C17H23N3O2/c1-22-17(21)15-11-13(18)10-9-12(15)5-4-7-14-6-2-3-8-16(19)20-14/h4-5,9-11,14H,2-3,6-8,18H2,1H3,(H2,19,20). The Morgan fingerprint density at radius 3 is 3.09 bits per heavy atom. The van der Waals surface area contributed by atoms with E-state index in [2.05, 4.69) is 5.32 Å².